The summed E-state index contributed by atoms with van der Waals surface area (Å²) in [6.07, 6.45) is 0.303. The van der Waals surface area contributed by atoms with Crippen molar-refractivity contribution in [1.82, 2.24) is 19.9 Å². The fourth-order valence-corrected chi connectivity index (χ4v) is 3.05. The van der Waals surface area contributed by atoms with Gasteiger partial charge in [-0.05, 0) is 24.6 Å². The zero-order chi connectivity index (χ0) is 18.7. The average molecular weight is 360 g/mol. The lowest BCUT2D eigenvalue weighted by Gasteiger charge is -2.36. The number of halogens is 1. The lowest BCUT2D eigenvalue weighted by Crippen LogP contribution is -2.49. The Balaban J connectivity index is 1.52. The summed E-state index contributed by atoms with van der Waals surface area (Å²) in [4.78, 5) is 21.0. The molecule has 1 atom stereocenters. The Labute approximate surface area is 153 Å². The topological polar surface area (TPSA) is 62.5 Å². The zero-order valence-corrected chi connectivity index (χ0v) is 15.5. The van der Waals surface area contributed by atoms with Gasteiger partial charge in [-0.2, -0.15) is 4.98 Å². The van der Waals surface area contributed by atoms with E-state index < -0.39 is 0 Å². The first-order chi connectivity index (χ1) is 12.4. The molecule has 1 saturated heterocycles. The SMILES string of the molecule is CC(C)c1noc([C@@H](C)N2CCN(C(=O)Cc3ccc(F)cc3)CC2)n1. The smallest absolute Gasteiger partial charge is 0.243 e. The Hall–Kier alpha value is -2.28. The molecule has 0 spiro atoms. The minimum atomic E-state index is -0.287. The van der Waals surface area contributed by atoms with Crippen LogP contribution in [0.4, 0.5) is 4.39 Å². The van der Waals surface area contributed by atoms with Gasteiger partial charge in [0.2, 0.25) is 11.8 Å². The van der Waals surface area contributed by atoms with Gasteiger partial charge >= 0.3 is 0 Å². The van der Waals surface area contributed by atoms with Crippen molar-refractivity contribution < 1.29 is 13.7 Å². The molecule has 3 rings (SSSR count). The molecule has 2 heterocycles. The number of rotatable bonds is 5. The molecule has 0 bridgehead atoms. The Kier molecular flexibility index (Phi) is 5.66. The molecule has 0 unspecified atom stereocenters. The van der Waals surface area contributed by atoms with Crippen molar-refractivity contribution in [3.05, 3.63) is 47.4 Å². The molecule has 6 nitrogen and oxygen atoms in total. The van der Waals surface area contributed by atoms with Crippen molar-refractivity contribution in [2.75, 3.05) is 26.2 Å². The van der Waals surface area contributed by atoms with E-state index in [1.807, 2.05) is 25.7 Å². The van der Waals surface area contributed by atoms with Gasteiger partial charge in [-0.3, -0.25) is 9.69 Å². The summed E-state index contributed by atoms with van der Waals surface area (Å²) >= 11 is 0. The number of hydrogen-bond acceptors (Lipinski definition) is 5. The summed E-state index contributed by atoms with van der Waals surface area (Å²) in [6, 6.07) is 6.13. The molecule has 0 N–H and O–H groups in total. The van der Waals surface area contributed by atoms with Crippen molar-refractivity contribution in [2.24, 2.45) is 0 Å². The van der Waals surface area contributed by atoms with Crippen LogP contribution in [0.3, 0.4) is 0 Å². The second-order valence-electron chi connectivity index (χ2n) is 7.04. The molecule has 1 aromatic heterocycles. The Morgan fingerprint density at radius 1 is 1.15 bits per heavy atom. The van der Waals surface area contributed by atoms with E-state index in [1.54, 1.807) is 12.1 Å². The van der Waals surface area contributed by atoms with Crippen molar-refractivity contribution in [3.63, 3.8) is 0 Å². The third-order valence-electron chi connectivity index (χ3n) is 4.81. The molecule has 1 aromatic carbocycles. The lowest BCUT2D eigenvalue weighted by atomic mass is 10.1. The minimum absolute atomic E-state index is 0.0318. The first kappa shape index (κ1) is 18.5. The predicted octanol–water partition coefficient (Wildman–Crippen LogP) is 2.78. The Morgan fingerprint density at radius 2 is 1.81 bits per heavy atom. The Bertz CT molecular complexity index is 736. The highest BCUT2D eigenvalue weighted by molar-refractivity contribution is 5.78. The van der Waals surface area contributed by atoms with Gasteiger partial charge in [0.25, 0.3) is 0 Å². The van der Waals surface area contributed by atoms with Gasteiger partial charge in [-0.1, -0.05) is 31.1 Å². The lowest BCUT2D eigenvalue weighted by molar-refractivity contribution is -0.132. The molecule has 0 saturated carbocycles. The molecule has 1 amide bonds. The fraction of sp³-hybridized carbons (Fsp3) is 0.526. The molecule has 0 radical (unpaired) electrons. The van der Waals surface area contributed by atoms with Crippen LogP contribution in [0, 0.1) is 5.82 Å². The van der Waals surface area contributed by atoms with Crippen LogP contribution in [0.25, 0.3) is 0 Å². The largest absolute Gasteiger partial charge is 0.340 e. The predicted molar refractivity (Wildman–Crippen MR) is 95.1 cm³/mol. The summed E-state index contributed by atoms with van der Waals surface area (Å²) < 4.78 is 18.4. The van der Waals surface area contributed by atoms with E-state index in [1.165, 1.54) is 12.1 Å². The number of carbonyl (C=O) groups excluding carboxylic acids is 1. The third-order valence-corrected chi connectivity index (χ3v) is 4.81. The highest BCUT2D eigenvalue weighted by atomic mass is 19.1. The van der Waals surface area contributed by atoms with Crippen LogP contribution >= 0.6 is 0 Å². The van der Waals surface area contributed by atoms with Gasteiger partial charge in [0.05, 0.1) is 12.5 Å². The van der Waals surface area contributed by atoms with E-state index in [9.17, 15) is 9.18 Å². The summed E-state index contributed by atoms with van der Waals surface area (Å²) in [6.45, 7) is 8.96. The number of nitrogens with zero attached hydrogens (tertiary/aromatic N) is 4. The highest BCUT2D eigenvalue weighted by Crippen LogP contribution is 2.22. The van der Waals surface area contributed by atoms with Crippen molar-refractivity contribution in [3.8, 4) is 0 Å². The summed E-state index contributed by atoms with van der Waals surface area (Å²) in [5.74, 6) is 1.37. The van der Waals surface area contributed by atoms with Crippen molar-refractivity contribution >= 4 is 5.91 Å². The number of hydrogen-bond donors (Lipinski definition) is 0. The monoisotopic (exact) mass is 360 g/mol. The van der Waals surface area contributed by atoms with Gasteiger partial charge in [-0.15, -0.1) is 0 Å². The van der Waals surface area contributed by atoms with Gasteiger partial charge in [-0.25, -0.2) is 4.39 Å². The zero-order valence-electron chi connectivity index (χ0n) is 15.5. The van der Waals surface area contributed by atoms with Crippen LogP contribution in [0.5, 0.6) is 0 Å². The van der Waals surface area contributed by atoms with Gasteiger partial charge < -0.3 is 9.42 Å². The summed E-state index contributed by atoms with van der Waals surface area (Å²) in [5, 5.41) is 4.02. The van der Waals surface area contributed by atoms with Crippen molar-refractivity contribution in [2.45, 2.75) is 39.2 Å². The molecule has 140 valence electrons. The summed E-state index contributed by atoms with van der Waals surface area (Å²) in [5.41, 5.74) is 0.833. The van der Waals surface area contributed by atoms with E-state index in [0.717, 1.165) is 24.5 Å². The van der Waals surface area contributed by atoms with E-state index >= 15 is 0 Å². The van der Waals surface area contributed by atoms with Gasteiger partial charge in [0.1, 0.15) is 5.82 Å². The molecule has 1 fully saturated rings. The summed E-state index contributed by atoms with van der Waals surface area (Å²) in [7, 11) is 0. The standard InChI is InChI=1S/C19H25FN4O2/c1-13(2)18-21-19(26-22-18)14(3)23-8-10-24(11-9-23)17(25)12-15-4-6-16(20)7-5-15/h4-7,13-14H,8-12H2,1-3H3/t14-/m1/s1. The first-order valence-corrected chi connectivity index (χ1v) is 9.04. The number of carbonyl (C=O) groups is 1. The van der Waals surface area contributed by atoms with E-state index in [2.05, 4.69) is 15.0 Å². The molecular formula is C19H25FN4O2. The van der Waals surface area contributed by atoms with E-state index in [0.29, 0.717) is 25.4 Å². The van der Waals surface area contributed by atoms with E-state index in [4.69, 9.17) is 4.52 Å². The molecular weight excluding hydrogens is 335 g/mol. The molecule has 26 heavy (non-hydrogen) atoms. The van der Waals surface area contributed by atoms with Crippen LogP contribution in [-0.4, -0.2) is 52.0 Å². The van der Waals surface area contributed by atoms with Crippen LogP contribution in [0.15, 0.2) is 28.8 Å². The van der Waals surface area contributed by atoms with Crippen LogP contribution in [-0.2, 0) is 11.2 Å². The van der Waals surface area contributed by atoms with Gasteiger partial charge in [0.15, 0.2) is 5.82 Å². The average Bonchev–Trinajstić information content (AvgIpc) is 3.13. The normalized spacial score (nSPS) is 16.9. The van der Waals surface area contributed by atoms with E-state index in [-0.39, 0.29) is 23.7 Å². The maximum Gasteiger partial charge on any atom is 0.243 e. The molecule has 2 aromatic rings. The van der Waals surface area contributed by atoms with Crippen molar-refractivity contribution in [1.29, 1.82) is 0 Å². The van der Waals surface area contributed by atoms with Crippen LogP contribution in [0.2, 0.25) is 0 Å². The van der Waals surface area contributed by atoms with Crippen LogP contribution in [0.1, 0.15) is 50.0 Å². The minimum Gasteiger partial charge on any atom is -0.340 e. The number of piperazine rings is 1. The fourth-order valence-electron chi connectivity index (χ4n) is 3.05. The second-order valence-corrected chi connectivity index (χ2v) is 7.04. The molecule has 1 aliphatic heterocycles. The number of amides is 1. The Morgan fingerprint density at radius 3 is 2.38 bits per heavy atom. The molecule has 0 aliphatic carbocycles. The highest BCUT2D eigenvalue weighted by Gasteiger charge is 2.27. The maximum absolute atomic E-state index is 13.0. The molecule has 7 heteroatoms. The number of benzene rings is 1. The third kappa shape index (κ3) is 4.27. The maximum atomic E-state index is 13.0. The van der Waals surface area contributed by atoms with Gasteiger partial charge in [0, 0.05) is 32.1 Å². The van der Waals surface area contributed by atoms with Crippen LogP contribution < -0.4 is 0 Å². The first-order valence-electron chi connectivity index (χ1n) is 9.04. The second kappa shape index (κ2) is 7.95. The number of aromatic nitrogens is 2. The molecule has 1 aliphatic rings. The quantitative estimate of drug-likeness (QED) is 0.820.